The van der Waals surface area contributed by atoms with Crippen LogP contribution >= 0.6 is 11.3 Å². The van der Waals surface area contributed by atoms with Crippen molar-refractivity contribution < 1.29 is 0 Å². The number of nitrogens with zero attached hydrogens (tertiary/aromatic N) is 2. The summed E-state index contributed by atoms with van der Waals surface area (Å²) in [7, 11) is 1.95. The van der Waals surface area contributed by atoms with Crippen LogP contribution in [0.3, 0.4) is 0 Å². The van der Waals surface area contributed by atoms with Gasteiger partial charge in [0.25, 0.3) is 0 Å². The average Bonchev–Trinajstić information content (AvgIpc) is 2.81. The predicted molar refractivity (Wildman–Crippen MR) is 66.4 cm³/mol. The minimum absolute atomic E-state index is 0.778. The second-order valence-electron chi connectivity index (χ2n) is 4.30. The van der Waals surface area contributed by atoms with E-state index in [0.29, 0.717) is 0 Å². The Kier molecular flexibility index (Phi) is 2.53. The molecule has 0 unspecified atom stereocenters. The first kappa shape index (κ1) is 10.1. The van der Waals surface area contributed by atoms with Gasteiger partial charge < -0.3 is 5.32 Å². The third kappa shape index (κ3) is 2.18. The van der Waals surface area contributed by atoms with Gasteiger partial charge in [-0.15, -0.1) is 11.3 Å². The fourth-order valence-electron chi connectivity index (χ4n) is 1.69. The third-order valence-electron chi connectivity index (χ3n) is 2.77. The molecule has 16 heavy (non-hydrogen) atoms. The largest absolute Gasteiger partial charge is 0.309 e. The number of hydrogen-bond acceptors (Lipinski definition) is 3. The highest BCUT2D eigenvalue weighted by molar-refractivity contribution is 7.15. The molecular formula is C12H15N3S. The molecule has 1 N–H and O–H groups in total. The van der Waals surface area contributed by atoms with E-state index in [9.17, 15) is 0 Å². The topological polar surface area (TPSA) is 29.9 Å². The van der Waals surface area contributed by atoms with E-state index in [2.05, 4.69) is 28.6 Å². The Bertz CT molecular complexity index is 482. The van der Waals surface area contributed by atoms with Gasteiger partial charge >= 0.3 is 0 Å². The van der Waals surface area contributed by atoms with Gasteiger partial charge in [-0.1, -0.05) is 0 Å². The van der Waals surface area contributed by atoms with E-state index in [-0.39, 0.29) is 0 Å². The van der Waals surface area contributed by atoms with Gasteiger partial charge in [0.1, 0.15) is 5.69 Å². The summed E-state index contributed by atoms with van der Waals surface area (Å²) in [5.74, 6) is 0. The number of aryl methyl sites for hydroxylation is 1. The summed E-state index contributed by atoms with van der Waals surface area (Å²) >= 11 is 1.83. The lowest BCUT2D eigenvalue weighted by molar-refractivity contribution is 0.695. The highest BCUT2D eigenvalue weighted by Crippen LogP contribution is 2.27. The molecule has 4 heteroatoms. The van der Waals surface area contributed by atoms with Crippen LogP contribution in [0.1, 0.15) is 17.7 Å². The monoisotopic (exact) mass is 233 g/mol. The molecule has 0 bridgehead atoms. The number of nitrogens with one attached hydrogen (secondary N) is 1. The number of aromatic nitrogens is 2. The molecule has 0 radical (unpaired) electrons. The van der Waals surface area contributed by atoms with Crippen LogP contribution in [0.2, 0.25) is 0 Å². The van der Waals surface area contributed by atoms with Crippen LogP contribution in [0.4, 0.5) is 0 Å². The molecule has 3 nitrogen and oxygen atoms in total. The Morgan fingerprint density at radius 2 is 2.31 bits per heavy atom. The molecule has 0 aliphatic heterocycles. The van der Waals surface area contributed by atoms with Gasteiger partial charge in [-0.3, -0.25) is 4.68 Å². The zero-order valence-electron chi connectivity index (χ0n) is 9.31. The second-order valence-corrected chi connectivity index (χ2v) is 5.46. The Labute approximate surface area is 99.1 Å². The molecule has 1 aliphatic carbocycles. The van der Waals surface area contributed by atoms with Crippen molar-refractivity contribution >= 4 is 11.3 Å². The Balaban J connectivity index is 1.71. The van der Waals surface area contributed by atoms with Gasteiger partial charge in [-0.25, -0.2) is 0 Å². The smallest absolute Gasteiger partial charge is 0.102 e. The molecule has 0 atom stereocenters. The van der Waals surface area contributed by atoms with E-state index in [0.717, 1.165) is 18.3 Å². The first-order valence-electron chi connectivity index (χ1n) is 5.63. The van der Waals surface area contributed by atoms with Gasteiger partial charge in [0, 0.05) is 30.7 Å². The highest BCUT2D eigenvalue weighted by Gasteiger charge is 2.20. The standard InChI is InChI=1S/C12H15N3S/c1-15-7-6-11(14-15)12-5-4-10(16-12)8-13-9-2-3-9/h4-7,9,13H,2-3,8H2,1H3. The van der Waals surface area contributed by atoms with Crippen LogP contribution < -0.4 is 5.32 Å². The Hall–Kier alpha value is -1.13. The van der Waals surface area contributed by atoms with Gasteiger partial charge in [-0.05, 0) is 31.0 Å². The highest BCUT2D eigenvalue weighted by atomic mass is 32.1. The van der Waals surface area contributed by atoms with Crippen LogP contribution in [0.5, 0.6) is 0 Å². The predicted octanol–water partition coefficient (Wildman–Crippen LogP) is 2.40. The molecule has 3 rings (SSSR count). The van der Waals surface area contributed by atoms with Gasteiger partial charge in [0.05, 0.1) is 4.88 Å². The zero-order valence-corrected chi connectivity index (χ0v) is 10.1. The van der Waals surface area contributed by atoms with Crippen molar-refractivity contribution in [3.63, 3.8) is 0 Å². The van der Waals surface area contributed by atoms with E-state index >= 15 is 0 Å². The number of thiophene rings is 1. The molecule has 0 aromatic carbocycles. The van der Waals surface area contributed by atoms with Crippen molar-refractivity contribution in [1.82, 2.24) is 15.1 Å². The first-order valence-corrected chi connectivity index (χ1v) is 6.45. The molecule has 84 valence electrons. The zero-order chi connectivity index (χ0) is 11.0. The van der Waals surface area contributed by atoms with Crippen LogP contribution in [0.15, 0.2) is 24.4 Å². The van der Waals surface area contributed by atoms with Crippen molar-refractivity contribution in [2.45, 2.75) is 25.4 Å². The fraction of sp³-hybridized carbons (Fsp3) is 0.417. The normalized spacial score (nSPS) is 15.6. The summed E-state index contributed by atoms with van der Waals surface area (Å²) < 4.78 is 1.84. The lowest BCUT2D eigenvalue weighted by Gasteiger charge is -1.97. The molecule has 1 saturated carbocycles. The minimum Gasteiger partial charge on any atom is -0.309 e. The lowest BCUT2D eigenvalue weighted by atomic mass is 10.3. The summed E-state index contributed by atoms with van der Waals surface area (Å²) in [6, 6.07) is 7.20. The van der Waals surface area contributed by atoms with Gasteiger partial charge in [0.15, 0.2) is 0 Å². The van der Waals surface area contributed by atoms with E-state index in [4.69, 9.17) is 0 Å². The third-order valence-corrected chi connectivity index (χ3v) is 3.88. The SMILES string of the molecule is Cn1ccc(-c2ccc(CNC3CC3)s2)n1. The maximum atomic E-state index is 4.41. The summed E-state index contributed by atoms with van der Waals surface area (Å²) in [5.41, 5.74) is 1.07. The second kappa shape index (κ2) is 4.03. The lowest BCUT2D eigenvalue weighted by Crippen LogP contribution is -2.14. The summed E-state index contributed by atoms with van der Waals surface area (Å²) in [6.45, 7) is 1.00. The minimum atomic E-state index is 0.778. The maximum Gasteiger partial charge on any atom is 0.102 e. The van der Waals surface area contributed by atoms with Crippen molar-refractivity contribution in [1.29, 1.82) is 0 Å². The molecule has 0 saturated heterocycles. The van der Waals surface area contributed by atoms with Gasteiger partial charge in [0.2, 0.25) is 0 Å². The number of rotatable bonds is 4. The Morgan fingerprint density at radius 1 is 1.44 bits per heavy atom. The molecule has 1 fully saturated rings. The van der Waals surface area contributed by atoms with Crippen molar-refractivity contribution in [3.8, 4) is 10.6 Å². The number of hydrogen-bond donors (Lipinski definition) is 1. The van der Waals surface area contributed by atoms with E-state index in [1.165, 1.54) is 22.6 Å². The van der Waals surface area contributed by atoms with Crippen LogP contribution in [-0.4, -0.2) is 15.8 Å². The molecular weight excluding hydrogens is 218 g/mol. The van der Waals surface area contributed by atoms with Crippen LogP contribution in [0, 0.1) is 0 Å². The van der Waals surface area contributed by atoms with E-state index in [1.807, 2.05) is 29.3 Å². The van der Waals surface area contributed by atoms with Crippen molar-refractivity contribution in [2.75, 3.05) is 0 Å². The molecule has 2 aromatic heterocycles. The maximum absolute atomic E-state index is 4.41. The molecule has 2 aromatic rings. The van der Waals surface area contributed by atoms with Crippen LogP contribution in [-0.2, 0) is 13.6 Å². The molecule has 2 heterocycles. The summed E-state index contributed by atoms with van der Waals surface area (Å²) in [5, 5.41) is 7.94. The summed E-state index contributed by atoms with van der Waals surface area (Å²) in [4.78, 5) is 2.65. The van der Waals surface area contributed by atoms with Gasteiger partial charge in [-0.2, -0.15) is 5.10 Å². The average molecular weight is 233 g/mol. The quantitative estimate of drug-likeness (QED) is 0.879. The van der Waals surface area contributed by atoms with Crippen molar-refractivity contribution in [3.05, 3.63) is 29.3 Å². The van der Waals surface area contributed by atoms with E-state index < -0.39 is 0 Å². The van der Waals surface area contributed by atoms with E-state index in [1.54, 1.807) is 0 Å². The Morgan fingerprint density at radius 3 is 3.00 bits per heavy atom. The first-order chi connectivity index (χ1) is 7.81. The van der Waals surface area contributed by atoms with Crippen LogP contribution in [0.25, 0.3) is 10.6 Å². The molecule has 0 amide bonds. The fourth-order valence-corrected chi connectivity index (χ4v) is 2.61. The molecule has 0 spiro atoms. The molecule has 1 aliphatic rings. The van der Waals surface area contributed by atoms with Crippen molar-refractivity contribution in [2.24, 2.45) is 7.05 Å². The summed E-state index contributed by atoms with van der Waals surface area (Å²) in [6.07, 6.45) is 4.67.